The quantitative estimate of drug-likeness (QED) is 0.722. The number of rotatable bonds is 0. The highest BCUT2D eigenvalue weighted by molar-refractivity contribution is 6.00. The lowest BCUT2D eigenvalue weighted by atomic mass is 9.89. The summed E-state index contributed by atoms with van der Waals surface area (Å²) in [5.74, 6) is 0.0991. The van der Waals surface area contributed by atoms with E-state index in [9.17, 15) is 9.18 Å². The Morgan fingerprint density at radius 2 is 2.31 bits per heavy atom. The zero-order valence-corrected chi connectivity index (χ0v) is 8.75. The van der Waals surface area contributed by atoms with E-state index in [1.54, 1.807) is 6.07 Å². The topological polar surface area (TPSA) is 38.3 Å². The lowest BCUT2D eigenvalue weighted by molar-refractivity contribution is 0.0527. The smallest absolute Gasteiger partial charge is 0.170 e. The molecular weight excluding hydrogens is 209 g/mol. The summed E-state index contributed by atoms with van der Waals surface area (Å²) in [4.78, 5) is 11.9. The Labute approximate surface area is 92.6 Å². The molecule has 1 atom stereocenters. The van der Waals surface area contributed by atoms with Crippen molar-refractivity contribution < 1.29 is 13.9 Å². The van der Waals surface area contributed by atoms with E-state index in [0.29, 0.717) is 24.3 Å². The number of hydrogen-bond donors (Lipinski definition) is 1. The SMILES string of the molecule is O=C1CC2(CCNC2)Oc2ccc(F)cc21. The van der Waals surface area contributed by atoms with Crippen molar-refractivity contribution in [3.05, 3.63) is 29.6 Å². The maximum atomic E-state index is 13.0. The molecule has 0 aromatic heterocycles. The van der Waals surface area contributed by atoms with Crippen LogP contribution in [-0.2, 0) is 0 Å². The fraction of sp³-hybridized carbons (Fsp3) is 0.417. The third-order valence-electron chi connectivity index (χ3n) is 3.26. The molecule has 1 spiro atoms. The minimum Gasteiger partial charge on any atom is -0.485 e. The predicted octanol–water partition coefficient (Wildman–Crippen LogP) is 1.52. The largest absolute Gasteiger partial charge is 0.485 e. The molecule has 2 aliphatic heterocycles. The maximum absolute atomic E-state index is 13.0. The molecule has 16 heavy (non-hydrogen) atoms. The minimum atomic E-state index is -0.401. The van der Waals surface area contributed by atoms with Crippen LogP contribution in [0.4, 0.5) is 4.39 Å². The van der Waals surface area contributed by atoms with Crippen LogP contribution >= 0.6 is 0 Å². The first-order valence-corrected chi connectivity index (χ1v) is 5.41. The highest BCUT2D eigenvalue weighted by atomic mass is 19.1. The standard InChI is InChI=1S/C12H12FNO2/c13-8-1-2-11-9(5-8)10(15)6-12(16-11)3-4-14-7-12/h1-2,5,14H,3-4,6-7H2. The third-order valence-corrected chi connectivity index (χ3v) is 3.26. The highest BCUT2D eigenvalue weighted by Gasteiger charge is 2.42. The minimum absolute atomic E-state index is 0.0237. The average Bonchev–Trinajstić information content (AvgIpc) is 2.68. The van der Waals surface area contributed by atoms with Gasteiger partial charge in [0.2, 0.25) is 0 Å². The summed E-state index contributed by atoms with van der Waals surface area (Å²) in [6.45, 7) is 1.55. The van der Waals surface area contributed by atoms with Gasteiger partial charge in [0, 0.05) is 13.0 Å². The van der Waals surface area contributed by atoms with Crippen molar-refractivity contribution in [2.45, 2.75) is 18.4 Å². The Hall–Kier alpha value is -1.42. The summed E-state index contributed by atoms with van der Waals surface area (Å²) < 4.78 is 18.9. The molecule has 0 aliphatic carbocycles. The third kappa shape index (κ3) is 1.41. The van der Waals surface area contributed by atoms with Gasteiger partial charge in [-0.2, -0.15) is 0 Å². The van der Waals surface area contributed by atoms with Crippen molar-refractivity contribution >= 4 is 5.78 Å². The van der Waals surface area contributed by atoms with Crippen molar-refractivity contribution in [3.8, 4) is 5.75 Å². The first kappa shape index (κ1) is 9.78. The fourth-order valence-corrected chi connectivity index (χ4v) is 2.43. The molecule has 1 saturated heterocycles. The molecule has 1 unspecified atom stereocenters. The normalized spacial score (nSPS) is 27.9. The molecule has 3 nitrogen and oxygen atoms in total. The predicted molar refractivity (Wildman–Crippen MR) is 56.2 cm³/mol. The number of halogens is 1. The van der Waals surface area contributed by atoms with Crippen molar-refractivity contribution in [2.75, 3.05) is 13.1 Å². The van der Waals surface area contributed by atoms with E-state index in [2.05, 4.69) is 5.32 Å². The molecule has 1 N–H and O–H groups in total. The highest BCUT2D eigenvalue weighted by Crippen LogP contribution is 2.36. The monoisotopic (exact) mass is 221 g/mol. The van der Waals surface area contributed by atoms with E-state index in [1.165, 1.54) is 12.1 Å². The van der Waals surface area contributed by atoms with Gasteiger partial charge in [0.1, 0.15) is 17.2 Å². The van der Waals surface area contributed by atoms with Gasteiger partial charge in [0.15, 0.2) is 5.78 Å². The van der Waals surface area contributed by atoms with Crippen molar-refractivity contribution in [1.29, 1.82) is 0 Å². The van der Waals surface area contributed by atoms with Crippen LogP contribution in [0.25, 0.3) is 0 Å². The van der Waals surface area contributed by atoms with Gasteiger partial charge >= 0.3 is 0 Å². The number of carbonyl (C=O) groups excluding carboxylic acids is 1. The summed E-state index contributed by atoms with van der Waals surface area (Å²) in [7, 11) is 0. The molecule has 1 aromatic rings. The summed E-state index contributed by atoms with van der Waals surface area (Å²) in [5.41, 5.74) is -0.0282. The van der Waals surface area contributed by atoms with Crippen molar-refractivity contribution in [3.63, 3.8) is 0 Å². The van der Waals surface area contributed by atoms with Crippen LogP contribution in [0.2, 0.25) is 0 Å². The molecule has 1 fully saturated rings. The van der Waals surface area contributed by atoms with Gasteiger partial charge in [0.05, 0.1) is 12.0 Å². The first-order valence-electron chi connectivity index (χ1n) is 5.41. The Balaban J connectivity index is 2.02. The molecule has 4 heteroatoms. The number of hydrogen-bond acceptors (Lipinski definition) is 3. The fourth-order valence-electron chi connectivity index (χ4n) is 2.43. The number of nitrogens with one attached hydrogen (secondary N) is 1. The van der Waals surface area contributed by atoms with Crippen LogP contribution < -0.4 is 10.1 Å². The van der Waals surface area contributed by atoms with E-state index < -0.39 is 11.4 Å². The Kier molecular flexibility index (Phi) is 2.01. The van der Waals surface area contributed by atoms with Crippen molar-refractivity contribution in [1.82, 2.24) is 5.32 Å². The molecule has 2 heterocycles. The van der Waals surface area contributed by atoms with Crippen LogP contribution in [0.5, 0.6) is 5.75 Å². The van der Waals surface area contributed by atoms with Gasteiger partial charge < -0.3 is 10.1 Å². The number of fused-ring (bicyclic) bond motifs is 1. The summed E-state index contributed by atoms with van der Waals surface area (Å²) >= 11 is 0. The van der Waals surface area contributed by atoms with Gasteiger partial charge in [-0.05, 0) is 24.7 Å². The van der Waals surface area contributed by atoms with E-state index in [0.717, 1.165) is 13.0 Å². The summed E-state index contributed by atoms with van der Waals surface area (Å²) in [6.07, 6.45) is 1.17. The maximum Gasteiger partial charge on any atom is 0.170 e. The number of carbonyl (C=O) groups is 1. The number of benzene rings is 1. The van der Waals surface area contributed by atoms with Crippen LogP contribution in [0, 0.1) is 5.82 Å². The molecular formula is C12H12FNO2. The second kappa shape index (κ2) is 3.28. The Bertz CT molecular complexity index is 452. The van der Waals surface area contributed by atoms with Gasteiger partial charge in [-0.25, -0.2) is 4.39 Å². The van der Waals surface area contributed by atoms with Crippen molar-refractivity contribution in [2.24, 2.45) is 0 Å². The Morgan fingerprint density at radius 1 is 1.44 bits per heavy atom. The van der Waals surface area contributed by atoms with Crippen LogP contribution in [0.3, 0.4) is 0 Å². The number of ether oxygens (including phenoxy) is 1. The second-order valence-corrected chi connectivity index (χ2v) is 4.45. The first-order chi connectivity index (χ1) is 7.69. The van der Waals surface area contributed by atoms with Crippen LogP contribution in [0.1, 0.15) is 23.2 Å². The van der Waals surface area contributed by atoms with Gasteiger partial charge in [-0.15, -0.1) is 0 Å². The molecule has 1 aromatic carbocycles. The number of ketones is 1. The zero-order chi connectivity index (χ0) is 11.2. The van der Waals surface area contributed by atoms with E-state index in [1.807, 2.05) is 0 Å². The molecule has 0 amide bonds. The second-order valence-electron chi connectivity index (χ2n) is 4.45. The zero-order valence-electron chi connectivity index (χ0n) is 8.75. The molecule has 0 radical (unpaired) electrons. The van der Waals surface area contributed by atoms with Gasteiger partial charge in [-0.1, -0.05) is 0 Å². The van der Waals surface area contributed by atoms with E-state index in [-0.39, 0.29) is 5.78 Å². The van der Waals surface area contributed by atoms with Crippen LogP contribution in [-0.4, -0.2) is 24.5 Å². The van der Waals surface area contributed by atoms with Crippen LogP contribution in [0.15, 0.2) is 18.2 Å². The average molecular weight is 221 g/mol. The van der Waals surface area contributed by atoms with Gasteiger partial charge in [0.25, 0.3) is 0 Å². The Morgan fingerprint density at radius 3 is 3.06 bits per heavy atom. The molecule has 84 valence electrons. The molecule has 3 rings (SSSR count). The molecule has 0 saturated carbocycles. The van der Waals surface area contributed by atoms with E-state index >= 15 is 0 Å². The lowest BCUT2D eigenvalue weighted by Gasteiger charge is -2.33. The molecule has 0 bridgehead atoms. The summed E-state index contributed by atoms with van der Waals surface area (Å²) in [6, 6.07) is 4.13. The lowest BCUT2D eigenvalue weighted by Crippen LogP contribution is -2.43. The summed E-state index contributed by atoms with van der Waals surface area (Å²) in [5, 5.41) is 3.19. The molecule has 2 aliphatic rings. The number of Topliss-reactive ketones (excluding diaryl/α,β-unsaturated/α-hetero) is 1. The van der Waals surface area contributed by atoms with E-state index in [4.69, 9.17) is 4.74 Å². The van der Waals surface area contributed by atoms with Gasteiger partial charge in [-0.3, -0.25) is 4.79 Å².